The Balaban J connectivity index is 1.84. The Bertz CT molecular complexity index is 1040. The zero-order valence-corrected chi connectivity index (χ0v) is 28.2. The number of nitrogens with one attached hydrogen (secondary N) is 3. The molecule has 3 unspecified atom stereocenters. The standard InChI is InChI=1S/C32H55N5O5S/c1-8-43-19-32(15-10-9-11-16-32)36-29(42)35-25(31(5,6)7)28(41)37-17-14-21(30(2,3)4)23(37)27(40)34-22(18-20-12-13-20)24(38)26(33)39/h20-23,25H,8-19H2,1-7H3,(H2,33,39)(H,34,40)(H2,35,36,42)/t21?,22?,23?,25-/m1/s1. The van der Waals surface area contributed by atoms with Crippen LogP contribution in [0, 0.1) is 22.7 Å². The van der Waals surface area contributed by atoms with Crippen molar-refractivity contribution in [2.75, 3.05) is 18.1 Å². The molecule has 0 aromatic rings. The lowest BCUT2D eigenvalue weighted by Gasteiger charge is -2.41. The van der Waals surface area contributed by atoms with Crippen LogP contribution >= 0.6 is 11.8 Å². The molecule has 11 heteroatoms. The zero-order chi connectivity index (χ0) is 32.2. The van der Waals surface area contributed by atoms with Crippen molar-refractivity contribution in [3.05, 3.63) is 0 Å². The van der Waals surface area contributed by atoms with Crippen molar-refractivity contribution in [1.29, 1.82) is 0 Å². The highest BCUT2D eigenvalue weighted by Gasteiger charge is 2.50. The topological polar surface area (TPSA) is 151 Å². The molecule has 5 amide bonds. The number of carbonyl (C=O) groups excluding carboxylic acids is 5. The molecule has 4 atom stereocenters. The van der Waals surface area contributed by atoms with Crippen LogP contribution in [0.3, 0.4) is 0 Å². The summed E-state index contributed by atoms with van der Waals surface area (Å²) in [7, 11) is 0. The van der Waals surface area contributed by atoms with Gasteiger partial charge in [-0.15, -0.1) is 0 Å². The Labute approximate surface area is 262 Å². The lowest BCUT2D eigenvalue weighted by Crippen LogP contribution is -2.63. The van der Waals surface area contributed by atoms with Crippen molar-refractivity contribution in [3.8, 4) is 0 Å². The monoisotopic (exact) mass is 621 g/mol. The maximum atomic E-state index is 14.3. The highest BCUT2D eigenvalue weighted by Crippen LogP contribution is 2.40. The molecule has 244 valence electrons. The maximum Gasteiger partial charge on any atom is 0.315 e. The first-order valence-electron chi connectivity index (χ1n) is 16.1. The molecule has 0 aromatic heterocycles. The Morgan fingerprint density at radius 2 is 1.58 bits per heavy atom. The van der Waals surface area contributed by atoms with Gasteiger partial charge in [-0.2, -0.15) is 11.8 Å². The molecule has 1 saturated heterocycles. The van der Waals surface area contributed by atoms with Gasteiger partial charge in [0.2, 0.25) is 17.6 Å². The summed E-state index contributed by atoms with van der Waals surface area (Å²) in [6, 6.07) is -3.10. The second-order valence-electron chi connectivity index (χ2n) is 15.1. The van der Waals surface area contributed by atoms with Gasteiger partial charge < -0.3 is 26.6 Å². The lowest BCUT2D eigenvalue weighted by atomic mass is 9.75. The number of nitrogens with zero attached hydrogens (tertiary/aromatic N) is 1. The molecule has 2 saturated carbocycles. The van der Waals surface area contributed by atoms with Gasteiger partial charge in [-0.3, -0.25) is 19.2 Å². The van der Waals surface area contributed by atoms with Gasteiger partial charge in [0.15, 0.2) is 0 Å². The van der Waals surface area contributed by atoms with E-state index in [1.165, 1.54) is 0 Å². The van der Waals surface area contributed by atoms with Crippen LogP contribution < -0.4 is 21.7 Å². The van der Waals surface area contributed by atoms with Gasteiger partial charge in [-0.25, -0.2) is 4.79 Å². The van der Waals surface area contributed by atoms with Crippen molar-refractivity contribution in [1.82, 2.24) is 20.9 Å². The van der Waals surface area contributed by atoms with Crippen molar-refractivity contribution >= 4 is 41.3 Å². The molecule has 1 aliphatic heterocycles. The van der Waals surface area contributed by atoms with E-state index in [0.717, 1.165) is 56.5 Å². The number of rotatable bonds is 12. The van der Waals surface area contributed by atoms with E-state index in [1.807, 2.05) is 53.3 Å². The van der Waals surface area contributed by atoms with E-state index in [4.69, 9.17) is 5.73 Å². The number of hydrogen-bond donors (Lipinski definition) is 4. The van der Waals surface area contributed by atoms with Gasteiger partial charge >= 0.3 is 6.03 Å². The third kappa shape index (κ3) is 9.35. The summed E-state index contributed by atoms with van der Waals surface area (Å²) in [6.45, 7) is 14.3. The molecule has 0 radical (unpaired) electrons. The predicted molar refractivity (Wildman–Crippen MR) is 170 cm³/mol. The number of hydrogen-bond acceptors (Lipinski definition) is 6. The number of thioether (sulfide) groups is 1. The first-order valence-corrected chi connectivity index (χ1v) is 17.3. The Morgan fingerprint density at radius 1 is 0.953 bits per heavy atom. The van der Waals surface area contributed by atoms with E-state index in [2.05, 4.69) is 22.9 Å². The summed E-state index contributed by atoms with van der Waals surface area (Å²) in [5.41, 5.74) is 4.07. The van der Waals surface area contributed by atoms with E-state index in [9.17, 15) is 24.0 Å². The van der Waals surface area contributed by atoms with Crippen LogP contribution in [-0.2, 0) is 19.2 Å². The number of amides is 5. The van der Waals surface area contributed by atoms with Crippen LogP contribution in [0.5, 0.6) is 0 Å². The van der Waals surface area contributed by atoms with Crippen LogP contribution in [0.15, 0.2) is 0 Å². The Morgan fingerprint density at radius 3 is 2.09 bits per heavy atom. The Kier molecular flexibility index (Phi) is 11.6. The molecule has 0 spiro atoms. The number of ketones is 1. The fourth-order valence-electron chi connectivity index (χ4n) is 6.67. The molecule has 2 aliphatic carbocycles. The van der Waals surface area contributed by atoms with Crippen LogP contribution in [0.2, 0.25) is 0 Å². The van der Waals surface area contributed by atoms with Crippen LogP contribution in [0.4, 0.5) is 4.79 Å². The Hall–Kier alpha value is -2.30. The number of carbonyl (C=O) groups is 5. The highest BCUT2D eigenvalue weighted by molar-refractivity contribution is 7.99. The zero-order valence-electron chi connectivity index (χ0n) is 27.3. The molecule has 3 fully saturated rings. The number of nitrogens with two attached hydrogens (primary N) is 1. The van der Waals surface area contributed by atoms with Gasteiger partial charge in [0.1, 0.15) is 12.1 Å². The van der Waals surface area contributed by atoms with Crippen LogP contribution in [0.1, 0.15) is 106 Å². The smallest absolute Gasteiger partial charge is 0.315 e. The second kappa shape index (κ2) is 14.2. The maximum absolute atomic E-state index is 14.3. The minimum absolute atomic E-state index is 0.187. The molecular formula is C32H55N5O5S. The van der Waals surface area contributed by atoms with Crippen molar-refractivity contribution in [2.24, 2.45) is 28.4 Å². The fraction of sp³-hybridized carbons (Fsp3) is 0.844. The second-order valence-corrected chi connectivity index (χ2v) is 16.4. The molecule has 1 heterocycles. The summed E-state index contributed by atoms with van der Waals surface area (Å²) in [4.78, 5) is 67.8. The first-order chi connectivity index (χ1) is 20.0. The summed E-state index contributed by atoms with van der Waals surface area (Å²) in [6.07, 6.45) is 7.95. The number of Topliss-reactive ketones (excluding diaryl/α,β-unsaturated/α-hetero) is 1. The molecule has 5 N–H and O–H groups in total. The normalized spacial score (nSPS) is 23.7. The van der Waals surface area contributed by atoms with Gasteiger partial charge in [-0.05, 0) is 54.1 Å². The molecule has 43 heavy (non-hydrogen) atoms. The number of likely N-dealkylation sites (tertiary alicyclic amines) is 1. The minimum atomic E-state index is -1.08. The van der Waals surface area contributed by atoms with Crippen LogP contribution in [-0.4, -0.2) is 76.2 Å². The SMILES string of the molecule is CCSCC1(NC(=O)N[C@H](C(=O)N2CCC(C(C)(C)C)C2C(=O)NC(CC2CC2)C(=O)C(N)=O)C(C)(C)C)CCCCC1. The number of primary amides is 1. The molecule has 3 rings (SSSR count). The average Bonchev–Trinajstić information content (AvgIpc) is 3.61. The van der Waals surface area contributed by atoms with E-state index >= 15 is 0 Å². The van der Waals surface area contributed by atoms with Gasteiger partial charge in [0.25, 0.3) is 5.91 Å². The van der Waals surface area contributed by atoms with Crippen molar-refractivity contribution in [3.63, 3.8) is 0 Å². The summed E-state index contributed by atoms with van der Waals surface area (Å²) < 4.78 is 0. The summed E-state index contributed by atoms with van der Waals surface area (Å²) in [5, 5.41) is 9.07. The largest absolute Gasteiger partial charge is 0.363 e. The first kappa shape index (κ1) is 35.2. The summed E-state index contributed by atoms with van der Waals surface area (Å²) in [5.74, 6) is -0.790. The highest BCUT2D eigenvalue weighted by atomic mass is 32.2. The van der Waals surface area contributed by atoms with Gasteiger partial charge in [0, 0.05) is 12.3 Å². The predicted octanol–water partition coefficient (Wildman–Crippen LogP) is 3.76. The van der Waals surface area contributed by atoms with Crippen molar-refractivity contribution in [2.45, 2.75) is 130 Å². The van der Waals surface area contributed by atoms with Crippen LogP contribution in [0.25, 0.3) is 0 Å². The fourth-order valence-corrected chi connectivity index (χ4v) is 7.63. The van der Waals surface area contributed by atoms with Gasteiger partial charge in [0.05, 0.1) is 11.6 Å². The molecule has 0 aromatic carbocycles. The molecule has 10 nitrogen and oxygen atoms in total. The average molecular weight is 622 g/mol. The minimum Gasteiger partial charge on any atom is -0.363 e. The molecule has 3 aliphatic rings. The third-order valence-electron chi connectivity index (χ3n) is 9.36. The summed E-state index contributed by atoms with van der Waals surface area (Å²) >= 11 is 1.81. The van der Waals surface area contributed by atoms with E-state index in [1.54, 1.807) is 4.90 Å². The quantitative estimate of drug-likeness (QED) is 0.244. The molecular weight excluding hydrogens is 566 g/mol. The van der Waals surface area contributed by atoms with Gasteiger partial charge in [-0.1, -0.05) is 80.6 Å². The van der Waals surface area contributed by atoms with E-state index in [-0.39, 0.29) is 34.7 Å². The molecule has 0 bridgehead atoms. The third-order valence-corrected chi connectivity index (χ3v) is 10.5. The number of urea groups is 1. The van der Waals surface area contributed by atoms with E-state index < -0.39 is 41.1 Å². The van der Waals surface area contributed by atoms with E-state index in [0.29, 0.717) is 19.4 Å². The van der Waals surface area contributed by atoms with Crippen molar-refractivity contribution < 1.29 is 24.0 Å². The lowest BCUT2D eigenvalue weighted by molar-refractivity contribution is -0.145.